The lowest BCUT2D eigenvalue weighted by molar-refractivity contribution is -0.160. The molecule has 0 aliphatic carbocycles. The molecule has 0 aromatic carbocycles. The van der Waals surface area contributed by atoms with E-state index in [1.54, 1.807) is 7.11 Å². The summed E-state index contributed by atoms with van der Waals surface area (Å²) in [5, 5.41) is 0. The quantitative estimate of drug-likeness (QED) is 0.626. The number of ether oxygens (including phenoxy) is 2. The van der Waals surface area contributed by atoms with Crippen molar-refractivity contribution >= 4 is 0 Å². The van der Waals surface area contributed by atoms with Crippen molar-refractivity contribution in [1.82, 2.24) is 0 Å². The molecule has 11 heavy (non-hydrogen) atoms. The average molecular weight is 158 g/mol. The van der Waals surface area contributed by atoms with E-state index in [4.69, 9.17) is 9.47 Å². The fourth-order valence-electron chi connectivity index (χ4n) is 1.60. The third kappa shape index (κ3) is 2.80. The van der Waals surface area contributed by atoms with E-state index in [0.717, 1.165) is 18.9 Å². The highest BCUT2D eigenvalue weighted by molar-refractivity contribution is 4.64. The van der Waals surface area contributed by atoms with Gasteiger partial charge in [-0.3, -0.25) is 0 Å². The first-order valence-corrected chi connectivity index (χ1v) is 4.51. The molecule has 2 atom stereocenters. The van der Waals surface area contributed by atoms with E-state index in [2.05, 4.69) is 6.92 Å². The van der Waals surface area contributed by atoms with Gasteiger partial charge in [-0.05, 0) is 25.2 Å². The summed E-state index contributed by atoms with van der Waals surface area (Å²) in [7, 11) is 1.71. The monoisotopic (exact) mass is 158 g/mol. The van der Waals surface area contributed by atoms with Crippen molar-refractivity contribution in [3.05, 3.63) is 0 Å². The predicted molar refractivity (Wildman–Crippen MR) is 44.4 cm³/mol. The van der Waals surface area contributed by atoms with Gasteiger partial charge in [0.15, 0.2) is 6.29 Å². The van der Waals surface area contributed by atoms with Gasteiger partial charge in [0, 0.05) is 7.11 Å². The molecule has 1 saturated heterocycles. The van der Waals surface area contributed by atoms with Crippen LogP contribution in [0.5, 0.6) is 0 Å². The first kappa shape index (κ1) is 9.01. The predicted octanol–water partition coefficient (Wildman–Crippen LogP) is 2.19. The molecule has 1 heterocycles. The van der Waals surface area contributed by atoms with Crippen LogP contribution in [0.15, 0.2) is 0 Å². The summed E-state index contributed by atoms with van der Waals surface area (Å²) < 4.78 is 10.6. The minimum absolute atomic E-state index is 0.0723. The Bertz CT molecular complexity index is 95.7. The summed E-state index contributed by atoms with van der Waals surface area (Å²) in [6.07, 6.45) is 4.98. The Hall–Kier alpha value is -0.0800. The normalized spacial score (nSPS) is 32.2. The van der Waals surface area contributed by atoms with E-state index in [9.17, 15) is 0 Å². The smallest absolute Gasteiger partial charge is 0.157 e. The maximum Gasteiger partial charge on any atom is 0.157 e. The van der Waals surface area contributed by atoms with Crippen molar-refractivity contribution in [2.45, 2.75) is 38.9 Å². The number of methoxy groups -OCH3 is 1. The largest absolute Gasteiger partial charge is 0.356 e. The van der Waals surface area contributed by atoms with E-state index in [1.807, 2.05) is 0 Å². The van der Waals surface area contributed by atoms with Crippen LogP contribution in [-0.4, -0.2) is 20.0 Å². The molecule has 2 nitrogen and oxygen atoms in total. The Kier molecular flexibility index (Phi) is 3.87. The van der Waals surface area contributed by atoms with Crippen LogP contribution in [-0.2, 0) is 9.47 Å². The van der Waals surface area contributed by atoms with Gasteiger partial charge < -0.3 is 9.47 Å². The van der Waals surface area contributed by atoms with E-state index in [0.29, 0.717) is 0 Å². The van der Waals surface area contributed by atoms with Crippen molar-refractivity contribution in [3.8, 4) is 0 Å². The molecule has 0 amide bonds. The van der Waals surface area contributed by atoms with Crippen LogP contribution >= 0.6 is 0 Å². The third-order valence-corrected chi connectivity index (χ3v) is 2.29. The third-order valence-electron chi connectivity index (χ3n) is 2.29. The van der Waals surface area contributed by atoms with Crippen LogP contribution in [0.1, 0.15) is 32.6 Å². The molecule has 1 aliphatic heterocycles. The van der Waals surface area contributed by atoms with E-state index < -0.39 is 0 Å². The molecule has 0 radical (unpaired) electrons. The number of rotatable bonds is 3. The Morgan fingerprint density at radius 1 is 1.45 bits per heavy atom. The Labute approximate surface area is 68.9 Å². The molecule has 1 fully saturated rings. The van der Waals surface area contributed by atoms with Gasteiger partial charge in [-0.2, -0.15) is 0 Å². The van der Waals surface area contributed by atoms with Gasteiger partial charge in [0.25, 0.3) is 0 Å². The first-order chi connectivity index (χ1) is 5.36. The van der Waals surface area contributed by atoms with Gasteiger partial charge in [0.05, 0.1) is 6.61 Å². The fourth-order valence-corrected chi connectivity index (χ4v) is 1.60. The highest BCUT2D eigenvalue weighted by Crippen LogP contribution is 2.22. The zero-order valence-corrected chi connectivity index (χ0v) is 7.51. The van der Waals surface area contributed by atoms with Gasteiger partial charge in [-0.15, -0.1) is 0 Å². The van der Waals surface area contributed by atoms with Crippen LogP contribution in [0, 0.1) is 5.92 Å². The maximum atomic E-state index is 5.47. The van der Waals surface area contributed by atoms with Crippen molar-refractivity contribution in [2.24, 2.45) is 5.92 Å². The summed E-state index contributed by atoms with van der Waals surface area (Å²) >= 11 is 0. The lowest BCUT2D eigenvalue weighted by atomic mass is 9.97. The molecule has 0 aromatic heterocycles. The van der Waals surface area contributed by atoms with Gasteiger partial charge in [-0.1, -0.05) is 13.3 Å². The van der Waals surface area contributed by atoms with Gasteiger partial charge in [0.2, 0.25) is 0 Å². The zero-order valence-electron chi connectivity index (χ0n) is 7.51. The van der Waals surface area contributed by atoms with Crippen molar-refractivity contribution in [2.75, 3.05) is 13.7 Å². The first-order valence-electron chi connectivity index (χ1n) is 4.51. The average Bonchev–Trinajstić information content (AvgIpc) is 2.07. The number of hydrogen-bond acceptors (Lipinski definition) is 2. The Balaban J connectivity index is 2.14. The summed E-state index contributed by atoms with van der Waals surface area (Å²) in [5.74, 6) is 0.784. The van der Waals surface area contributed by atoms with Crippen LogP contribution < -0.4 is 0 Å². The SMILES string of the molecule is CCCC1CCC(OC)OC1. The van der Waals surface area contributed by atoms with Gasteiger partial charge in [0.1, 0.15) is 0 Å². The number of hydrogen-bond donors (Lipinski definition) is 0. The molecular weight excluding hydrogens is 140 g/mol. The van der Waals surface area contributed by atoms with Crippen LogP contribution in [0.2, 0.25) is 0 Å². The second kappa shape index (κ2) is 4.73. The minimum atomic E-state index is 0.0723. The standard InChI is InChI=1S/C9H18O2/c1-3-4-8-5-6-9(10-2)11-7-8/h8-9H,3-7H2,1-2H3. The van der Waals surface area contributed by atoms with E-state index in [1.165, 1.54) is 19.3 Å². The van der Waals surface area contributed by atoms with Crippen LogP contribution in [0.3, 0.4) is 0 Å². The molecule has 2 unspecified atom stereocenters. The summed E-state index contributed by atoms with van der Waals surface area (Å²) in [5.41, 5.74) is 0. The molecule has 2 heteroatoms. The molecule has 66 valence electrons. The summed E-state index contributed by atoms with van der Waals surface area (Å²) in [6.45, 7) is 3.12. The molecule has 0 bridgehead atoms. The van der Waals surface area contributed by atoms with Crippen molar-refractivity contribution < 1.29 is 9.47 Å². The zero-order chi connectivity index (χ0) is 8.10. The van der Waals surface area contributed by atoms with Crippen molar-refractivity contribution in [1.29, 1.82) is 0 Å². The van der Waals surface area contributed by atoms with E-state index in [-0.39, 0.29) is 6.29 Å². The Morgan fingerprint density at radius 2 is 2.27 bits per heavy atom. The molecule has 0 spiro atoms. The molecule has 1 aliphatic rings. The lowest BCUT2D eigenvalue weighted by Gasteiger charge is -2.27. The topological polar surface area (TPSA) is 18.5 Å². The Morgan fingerprint density at radius 3 is 2.73 bits per heavy atom. The second-order valence-corrected chi connectivity index (χ2v) is 3.23. The summed E-state index contributed by atoms with van der Waals surface area (Å²) in [4.78, 5) is 0. The molecule has 1 rings (SSSR count). The highest BCUT2D eigenvalue weighted by atomic mass is 16.7. The fraction of sp³-hybridized carbons (Fsp3) is 1.00. The lowest BCUT2D eigenvalue weighted by Crippen LogP contribution is -2.26. The molecule has 0 aromatic rings. The van der Waals surface area contributed by atoms with E-state index >= 15 is 0 Å². The van der Waals surface area contributed by atoms with Crippen LogP contribution in [0.25, 0.3) is 0 Å². The van der Waals surface area contributed by atoms with Crippen LogP contribution in [0.4, 0.5) is 0 Å². The molecular formula is C9H18O2. The molecule has 0 saturated carbocycles. The maximum absolute atomic E-state index is 5.47. The van der Waals surface area contributed by atoms with Gasteiger partial charge >= 0.3 is 0 Å². The summed E-state index contributed by atoms with van der Waals surface area (Å²) in [6, 6.07) is 0. The highest BCUT2D eigenvalue weighted by Gasteiger charge is 2.19. The molecule has 0 N–H and O–H groups in total. The van der Waals surface area contributed by atoms with Crippen molar-refractivity contribution in [3.63, 3.8) is 0 Å². The second-order valence-electron chi connectivity index (χ2n) is 3.23. The minimum Gasteiger partial charge on any atom is -0.356 e. The van der Waals surface area contributed by atoms with Gasteiger partial charge in [-0.25, -0.2) is 0 Å².